The van der Waals surface area contributed by atoms with Gasteiger partial charge in [0.2, 0.25) is 0 Å². The Hall–Kier alpha value is -1.79. The standard InChI is InChI=1S/C12H13ClN2O4/c1-18-8-11(16)15(14-5-6-19-12(14)17)10-4-2-3-9(13)7-10/h2-4,7H,5-6,8H2,1H3. The lowest BCUT2D eigenvalue weighted by molar-refractivity contribution is -0.124. The Bertz CT molecular complexity index is 494. The molecule has 1 aliphatic rings. The number of carbonyl (C=O) groups excluding carboxylic acids is 2. The van der Waals surface area contributed by atoms with Crippen LogP contribution < -0.4 is 5.01 Å². The van der Waals surface area contributed by atoms with Crippen LogP contribution in [0.25, 0.3) is 0 Å². The van der Waals surface area contributed by atoms with Gasteiger partial charge in [0.25, 0.3) is 5.91 Å². The van der Waals surface area contributed by atoms with Gasteiger partial charge in [-0.2, -0.15) is 0 Å². The molecule has 1 aliphatic heterocycles. The third-order valence-corrected chi connectivity index (χ3v) is 2.77. The van der Waals surface area contributed by atoms with Crippen molar-refractivity contribution in [2.75, 3.05) is 31.9 Å². The van der Waals surface area contributed by atoms with Gasteiger partial charge in [-0.25, -0.2) is 14.8 Å². The third kappa shape index (κ3) is 2.97. The number of carbonyl (C=O) groups is 2. The summed E-state index contributed by atoms with van der Waals surface area (Å²) in [5.41, 5.74) is 0.494. The number of halogens is 1. The summed E-state index contributed by atoms with van der Waals surface area (Å²) < 4.78 is 9.67. The quantitative estimate of drug-likeness (QED) is 0.844. The van der Waals surface area contributed by atoms with Crippen molar-refractivity contribution in [3.8, 4) is 0 Å². The van der Waals surface area contributed by atoms with Crippen LogP contribution >= 0.6 is 11.6 Å². The highest BCUT2D eigenvalue weighted by atomic mass is 35.5. The Kier molecular flexibility index (Phi) is 4.24. The monoisotopic (exact) mass is 284 g/mol. The number of hydrogen-bond acceptors (Lipinski definition) is 4. The predicted octanol–water partition coefficient (Wildman–Crippen LogP) is 1.69. The second-order valence-corrected chi connectivity index (χ2v) is 4.29. The summed E-state index contributed by atoms with van der Waals surface area (Å²) in [5, 5.41) is 2.93. The summed E-state index contributed by atoms with van der Waals surface area (Å²) in [6, 6.07) is 6.67. The third-order valence-electron chi connectivity index (χ3n) is 2.54. The van der Waals surface area contributed by atoms with Crippen molar-refractivity contribution in [3.63, 3.8) is 0 Å². The van der Waals surface area contributed by atoms with Crippen LogP contribution in [0.2, 0.25) is 5.02 Å². The molecule has 0 unspecified atom stereocenters. The molecule has 102 valence electrons. The zero-order valence-corrected chi connectivity index (χ0v) is 11.1. The number of rotatable bonds is 4. The van der Waals surface area contributed by atoms with E-state index >= 15 is 0 Å². The summed E-state index contributed by atoms with van der Waals surface area (Å²) in [4.78, 5) is 23.7. The number of hydrogen-bond donors (Lipinski definition) is 0. The molecule has 1 heterocycles. The second-order valence-electron chi connectivity index (χ2n) is 3.86. The minimum Gasteiger partial charge on any atom is -0.446 e. The number of nitrogens with zero attached hydrogens (tertiary/aromatic N) is 2. The van der Waals surface area contributed by atoms with Crippen LogP contribution in [0.1, 0.15) is 0 Å². The van der Waals surface area contributed by atoms with E-state index in [9.17, 15) is 9.59 Å². The Morgan fingerprint density at radius 2 is 2.37 bits per heavy atom. The average molecular weight is 285 g/mol. The maximum atomic E-state index is 12.1. The molecule has 0 aromatic heterocycles. The molecule has 2 rings (SSSR count). The summed E-state index contributed by atoms with van der Waals surface area (Å²) in [6.07, 6.45) is -0.565. The number of hydrazine groups is 1. The SMILES string of the molecule is COCC(=O)N(c1cccc(Cl)c1)N1CCOC1=O. The fourth-order valence-corrected chi connectivity index (χ4v) is 1.96. The largest absolute Gasteiger partial charge is 0.446 e. The molecule has 0 atom stereocenters. The first-order valence-electron chi connectivity index (χ1n) is 5.65. The number of amides is 2. The van der Waals surface area contributed by atoms with Gasteiger partial charge in [0.15, 0.2) is 0 Å². The number of methoxy groups -OCH3 is 1. The van der Waals surface area contributed by atoms with E-state index in [1.807, 2.05) is 0 Å². The maximum Gasteiger partial charge on any atom is 0.429 e. The number of cyclic esters (lactones) is 1. The van der Waals surface area contributed by atoms with Gasteiger partial charge in [0, 0.05) is 12.1 Å². The minimum atomic E-state index is -0.565. The molecule has 19 heavy (non-hydrogen) atoms. The molecule has 1 aromatic rings. The van der Waals surface area contributed by atoms with Crippen molar-refractivity contribution in [2.24, 2.45) is 0 Å². The average Bonchev–Trinajstić information content (AvgIpc) is 2.77. The molecular weight excluding hydrogens is 272 g/mol. The molecule has 0 N–H and O–H groups in total. The Labute approximate surface area is 115 Å². The normalized spacial score (nSPS) is 14.4. The molecule has 0 bridgehead atoms. The molecule has 1 saturated heterocycles. The highest BCUT2D eigenvalue weighted by Crippen LogP contribution is 2.23. The Morgan fingerprint density at radius 1 is 1.58 bits per heavy atom. The van der Waals surface area contributed by atoms with Gasteiger partial charge < -0.3 is 9.47 Å². The van der Waals surface area contributed by atoms with E-state index in [-0.39, 0.29) is 19.1 Å². The van der Waals surface area contributed by atoms with Crippen LogP contribution in [0, 0.1) is 0 Å². The van der Waals surface area contributed by atoms with Gasteiger partial charge in [-0.1, -0.05) is 17.7 Å². The van der Waals surface area contributed by atoms with Crippen LogP contribution in [-0.4, -0.2) is 43.9 Å². The summed E-state index contributed by atoms with van der Waals surface area (Å²) in [6.45, 7) is 0.410. The van der Waals surface area contributed by atoms with Crippen LogP contribution in [0.5, 0.6) is 0 Å². The topological polar surface area (TPSA) is 59.1 Å². The predicted molar refractivity (Wildman–Crippen MR) is 68.9 cm³/mol. The molecule has 1 aromatic carbocycles. The van der Waals surface area contributed by atoms with E-state index in [0.29, 0.717) is 17.3 Å². The molecule has 0 radical (unpaired) electrons. The second kappa shape index (κ2) is 5.90. The lowest BCUT2D eigenvalue weighted by Gasteiger charge is -2.29. The highest BCUT2D eigenvalue weighted by molar-refractivity contribution is 6.30. The Morgan fingerprint density at radius 3 is 2.95 bits per heavy atom. The molecule has 7 heteroatoms. The van der Waals surface area contributed by atoms with E-state index in [1.165, 1.54) is 17.1 Å². The van der Waals surface area contributed by atoms with Gasteiger partial charge in [-0.05, 0) is 18.2 Å². The van der Waals surface area contributed by atoms with Crippen molar-refractivity contribution in [2.45, 2.75) is 0 Å². The van der Waals surface area contributed by atoms with Crippen LogP contribution in [0.15, 0.2) is 24.3 Å². The molecule has 1 fully saturated rings. The molecule has 0 saturated carbocycles. The summed E-state index contributed by atoms with van der Waals surface area (Å²) in [7, 11) is 1.41. The zero-order chi connectivity index (χ0) is 13.8. The molecular formula is C12H13ClN2O4. The van der Waals surface area contributed by atoms with Crippen molar-refractivity contribution in [3.05, 3.63) is 29.3 Å². The molecule has 0 spiro atoms. The summed E-state index contributed by atoms with van der Waals surface area (Å²) in [5.74, 6) is -0.372. The number of anilines is 1. The van der Waals surface area contributed by atoms with Crippen molar-refractivity contribution >= 4 is 29.3 Å². The van der Waals surface area contributed by atoms with Gasteiger partial charge in [-0.15, -0.1) is 0 Å². The molecule has 6 nitrogen and oxygen atoms in total. The van der Waals surface area contributed by atoms with Gasteiger partial charge >= 0.3 is 6.09 Å². The molecule has 0 aliphatic carbocycles. The smallest absolute Gasteiger partial charge is 0.429 e. The van der Waals surface area contributed by atoms with Crippen LogP contribution in [-0.2, 0) is 14.3 Å². The first-order chi connectivity index (χ1) is 9.13. The van der Waals surface area contributed by atoms with E-state index in [1.54, 1.807) is 24.3 Å². The zero-order valence-electron chi connectivity index (χ0n) is 10.3. The van der Waals surface area contributed by atoms with Crippen molar-refractivity contribution in [1.82, 2.24) is 5.01 Å². The lowest BCUT2D eigenvalue weighted by atomic mass is 10.3. The van der Waals surface area contributed by atoms with Gasteiger partial charge in [0.1, 0.15) is 13.2 Å². The van der Waals surface area contributed by atoms with E-state index < -0.39 is 6.09 Å². The van der Waals surface area contributed by atoms with E-state index in [4.69, 9.17) is 21.1 Å². The number of benzene rings is 1. The minimum absolute atomic E-state index is 0.143. The van der Waals surface area contributed by atoms with Crippen LogP contribution in [0.3, 0.4) is 0 Å². The Balaban J connectivity index is 2.33. The first kappa shape index (κ1) is 13.6. The van der Waals surface area contributed by atoms with Crippen molar-refractivity contribution < 1.29 is 19.1 Å². The van der Waals surface area contributed by atoms with Crippen LogP contribution in [0.4, 0.5) is 10.5 Å². The van der Waals surface area contributed by atoms with E-state index in [0.717, 1.165) is 0 Å². The first-order valence-corrected chi connectivity index (χ1v) is 6.03. The van der Waals surface area contributed by atoms with Gasteiger partial charge in [0.05, 0.1) is 12.2 Å². The highest BCUT2D eigenvalue weighted by Gasteiger charge is 2.32. The lowest BCUT2D eigenvalue weighted by Crippen LogP contribution is -2.48. The maximum absolute atomic E-state index is 12.1. The van der Waals surface area contributed by atoms with Crippen molar-refractivity contribution in [1.29, 1.82) is 0 Å². The number of ether oxygens (including phenoxy) is 2. The fraction of sp³-hybridized carbons (Fsp3) is 0.333. The van der Waals surface area contributed by atoms with E-state index in [2.05, 4.69) is 0 Å². The summed E-state index contributed by atoms with van der Waals surface area (Å²) >= 11 is 5.91. The van der Waals surface area contributed by atoms with Gasteiger partial charge in [-0.3, -0.25) is 4.79 Å². The molecule has 2 amide bonds. The fourth-order valence-electron chi connectivity index (χ4n) is 1.78.